The summed E-state index contributed by atoms with van der Waals surface area (Å²) >= 11 is 0. The fourth-order valence-corrected chi connectivity index (χ4v) is 1.81. The summed E-state index contributed by atoms with van der Waals surface area (Å²) in [5.74, 6) is 0.657. The van der Waals surface area contributed by atoms with Crippen LogP contribution in [-0.2, 0) is 0 Å². The van der Waals surface area contributed by atoms with Crippen molar-refractivity contribution in [2.45, 2.75) is 40.2 Å². The van der Waals surface area contributed by atoms with Crippen LogP contribution < -0.4 is 5.73 Å². The average Bonchev–Trinajstić information content (AvgIpc) is 2.08. The molecule has 0 saturated heterocycles. The predicted molar refractivity (Wildman–Crippen MR) is 69.5 cm³/mol. The molecule has 0 amide bonds. The second-order valence-electron chi connectivity index (χ2n) is 4.53. The quantitative estimate of drug-likeness (QED) is 0.836. The maximum atomic E-state index is 6.17. The second kappa shape index (κ2) is 6.14. The van der Waals surface area contributed by atoms with Crippen LogP contribution in [0.4, 0.5) is 0 Å². The largest absolute Gasteiger partial charge is 0.324 e. The van der Waals surface area contributed by atoms with Crippen molar-refractivity contribution in [3.8, 4) is 0 Å². The van der Waals surface area contributed by atoms with Gasteiger partial charge in [-0.1, -0.05) is 32.0 Å². The molecule has 1 aromatic rings. The minimum Gasteiger partial charge on any atom is -0.324 e. The van der Waals surface area contributed by atoms with Crippen molar-refractivity contribution in [2.24, 2.45) is 11.7 Å². The van der Waals surface area contributed by atoms with Crippen LogP contribution in [0.25, 0.3) is 0 Å². The summed E-state index contributed by atoms with van der Waals surface area (Å²) in [6.07, 6.45) is 1.06. The Balaban J connectivity index is 0.00000196. The van der Waals surface area contributed by atoms with E-state index in [9.17, 15) is 0 Å². The molecule has 1 nitrogen and oxygen atoms in total. The number of hydrogen-bond donors (Lipinski definition) is 1. The Bertz CT molecular complexity index is 307. The zero-order chi connectivity index (χ0) is 10.7. The monoisotopic (exact) mass is 227 g/mol. The summed E-state index contributed by atoms with van der Waals surface area (Å²) in [7, 11) is 0. The van der Waals surface area contributed by atoms with Gasteiger partial charge in [-0.3, -0.25) is 0 Å². The minimum absolute atomic E-state index is 0. The van der Waals surface area contributed by atoms with Gasteiger partial charge in [-0.05, 0) is 42.9 Å². The Morgan fingerprint density at radius 2 is 1.80 bits per heavy atom. The fourth-order valence-electron chi connectivity index (χ4n) is 1.81. The van der Waals surface area contributed by atoms with Gasteiger partial charge in [0.1, 0.15) is 0 Å². The Morgan fingerprint density at radius 3 is 2.33 bits per heavy atom. The van der Waals surface area contributed by atoms with Gasteiger partial charge in [0.25, 0.3) is 0 Å². The summed E-state index contributed by atoms with van der Waals surface area (Å²) in [6.45, 7) is 8.72. The minimum atomic E-state index is 0. The first kappa shape index (κ1) is 14.5. The highest BCUT2D eigenvalue weighted by Crippen LogP contribution is 2.23. The molecule has 2 heteroatoms. The van der Waals surface area contributed by atoms with E-state index in [0.29, 0.717) is 5.92 Å². The summed E-state index contributed by atoms with van der Waals surface area (Å²) in [4.78, 5) is 0. The third kappa shape index (κ3) is 3.84. The van der Waals surface area contributed by atoms with Crippen molar-refractivity contribution in [1.29, 1.82) is 0 Å². The maximum Gasteiger partial charge on any atom is 0.0300 e. The lowest BCUT2D eigenvalue weighted by molar-refractivity contribution is 0.508. The highest BCUT2D eigenvalue weighted by molar-refractivity contribution is 5.85. The van der Waals surface area contributed by atoms with E-state index in [0.717, 1.165) is 6.42 Å². The molecule has 0 saturated carbocycles. The second-order valence-corrected chi connectivity index (χ2v) is 4.53. The zero-order valence-corrected chi connectivity index (χ0v) is 10.9. The number of halogens is 1. The number of rotatable bonds is 3. The van der Waals surface area contributed by atoms with Crippen molar-refractivity contribution >= 4 is 12.4 Å². The average molecular weight is 228 g/mol. The van der Waals surface area contributed by atoms with Gasteiger partial charge in [0.15, 0.2) is 0 Å². The highest BCUT2D eigenvalue weighted by Gasteiger charge is 2.11. The molecule has 0 aromatic heterocycles. The van der Waals surface area contributed by atoms with Crippen molar-refractivity contribution < 1.29 is 0 Å². The van der Waals surface area contributed by atoms with Gasteiger partial charge >= 0.3 is 0 Å². The van der Waals surface area contributed by atoms with E-state index in [1.165, 1.54) is 16.7 Å². The zero-order valence-electron chi connectivity index (χ0n) is 10.1. The molecule has 86 valence electrons. The van der Waals surface area contributed by atoms with Crippen LogP contribution in [0.15, 0.2) is 18.2 Å². The molecule has 0 fully saturated rings. The van der Waals surface area contributed by atoms with Crippen LogP contribution in [0.3, 0.4) is 0 Å². The van der Waals surface area contributed by atoms with Crippen LogP contribution in [0.1, 0.15) is 43.0 Å². The van der Waals surface area contributed by atoms with Crippen LogP contribution in [-0.4, -0.2) is 0 Å². The van der Waals surface area contributed by atoms with Crippen molar-refractivity contribution in [3.63, 3.8) is 0 Å². The van der Waals surface area contributed by atoms with Crippen molar-refractivity contribution in [2.75, 3.05) is 0 Å². The Labute approximate surface area is 99.5 Å². The molecule has 0 bridgehead atoms. The Morgan fingerprint density at radius 1 is 1.20 bits per heavy atom. The van der Waals surface area contributed by atoms with E-state index < -0.39 is 0 Å². The molecule has 1 rings (SSSR count). The molecule has 0 aliphatic rings. The van der Waals surface area contributed by atoms with Gasteiger partial charge in [0, 0.05) is 6.04 Å². The van der Waals surface area contributed by atoms with Crippen LogP contribution in [0, 0.1) is 19.8 Å². The topological polar surface area (TPSA) is 26.0 Å². The molecule has 0 aliphatic heterocycles. The first-order chi connectivity index (χ1) is 6.52. The number of hydrogen-bond acceptors (Lipinski definition) is 1. The van der Waals surface area contributed by atoms with E-state index in [1.54, 1.807) is 0 Å². The molecule has 0 spiro atoms. The lowest BCUT2D eigenvalue weighted by Gasteiger charge is -2.17. The molecule has 1 aromatic carbocycles. The molecule has 0 aliphatic carbocycles. The fraction of sp³-hybridized carbons (Fsp3) is 0.538. The SMILES string of the molecule is Cc1cccc([C@H](N)CC(C)C)c1C.Cl. The smallest absolute Gasteiger partial charge is 0.0300 e. The normalized spacial score (nSPS) is 12.4. The van der Waals surface area contributed by atoms with Gasteiger partial charge in [0.05, 0.1) is 0 Å². The van der Waals surface area contributed by atoms with E-state index in [-0.39, 0.29) is 18.4 Å². The molecule has 15 heavy (non-hydrogen) atoms. The van der Waals surface area contributed by atoms with E-state index in [4.69, 9.17) is 5.73 Å². The summed E-state index contributed by atoms with van der Waals surface area (Å²) in [6, 6.07) is 6.57. The van der Waals surface area contributed by atoms with Crippen LogP contribution in [0.5, 0.6) is 0 Å². The molecule has 0 heterocycles. The van der Waals surface area contributed by atoms with Crippen molar-refractivity contribution in [3.05, 3.63) is 34.9 Å². The number of benzene rings is 1. The van der Waals surface area contributed by atoms with Crippen LogP contribution >= 0.6 is 12.4 Å². The molecule has 0 unspecified atom stereocenters. The van der Waals surface area contributed by atoms with E-state index in [2.05, 4.69) is 45.9 Å². The van der Waals surface area contributed by atoms with Gasteiger partial charge in [-0.15, -0.1) is 12.4 Å². The van der Waals surface area contributed by atoms with Crippen molar-refractivity contribution in [1.82, 2.24) is 0 Å². The Kier molecular flexibility index (Phi) is 5.92. The van der Waals surface area contributed by atoms with Gasteiger partial charge in [0.2, 0.25) is 0 Å². The standard InChI is InChI=1S/C13H21N.ClH/c1-9(2)8-13(14)12-7-5-6-10(3)11(12)4;/h5-7,9,13H,8,14H2,1-4H3;1H/t13-;/m1./s1. The molecule has 0 radical (unpaired) electrons. The Hall–Kier alpha value is -0.530. The lowest BCUT2D eigenvalue weighted by atomic mass is 9.93. The first-order valence-electron chi connectivity index (χ1n) is 5.34. The van der Waals surface area contributed by atoms with Crippen LogP contribution in [0.2, 0.25) is 0 Å². The summed E-state index contributed by atoms with van der Waals surface area (Å²) in [5.41, 5.74) is 10.2. The predicted octanol–water partition coefficient (Wildman–Crippen LogP) is 3.77. The summed E-state index contributed by atoms with van der Waals surface area (Å²) in [5, 5.41) is 0. The van der Waals surface area contributed by atoms with Gasteiger partial charge in [-0.2, -0.15) is 0 Å². The maximum absolute atomic E-state index is 6.17. The molecule has 1 atom stereocenters. The van der Waals surface area contributed by atoms with E-state index >= 15 is 0 Å². The lowest BCUT2D eigenvalue weighted by Crippen LogP contribution is -2.14. The molecule has 2 N–H and O–H groups in total. The third-order valence-electron chi connectivity index (χ3n) is 2.77. The number of aryl methyl sites for hydroxylation is 1. The van der Waals surface area contributed by atoms with Gasteiger partial charge in [-0.25, -0.2) is 0 Å². The third-order valence-corrected chi connectivity index (χ3v) is 2.77. The molecular formula is C13H22ClN. The molecular weight excluding hydrogens is 206 g/mol. The van der Waals surface area contributed by atoms with Gasteiger partial charge < -0.3 is 5.73 Å². The number of nitrogens with two attached hydrogens (primary N) is 1. The van der Waals surface area contributed by atoms with E-state index in [1.807, 2.05) is 0 Å². The summed E-state index contributed by atoms with van der Waals surface area (Å²) < 4.78 is 0. The first-order valence-corrected chi connectivity index (χ1v) is 5.34. The highest BCUT2D eigenvalue weighted by atomic mass is 35.5.